The highest BCUT2D eigenvalue weighted by molar-refractivity contribution is 5.48. The van der Waals surface area contributed by atoms with Gasteiger partial charge < -0.3 is 15.0 Å². The first-order valence-corrected chi connectivity index (χ1v) is 6.43. The molecular formula is C13H21N3O. The lowest BCUT2D eigenvalue weighted by Gasteiger charge is -2.27. The maximum Gasteiger partial charge on any atom is 0.128 e. The molecule has 0 atom stereocenters. The molecule has 1 fully saturated rings. The number of hydrogen-bond acceptors (Lipinski definition) is 4. The first-order valence-electron chi connectivity index (χ1n) is 6.43. The fraction of sp³-hybridized carbons (Fsp3) is 0.615. The van der Waals surface area contributed by atoms with Crippen LogP contribution in [0.3, 0.4) is 0 Å². The number of nitrogens with zero attached hydrogens (tertiary/aromatic N) is 2. The third-order valence-electron chi connectivity index (χ3n) is 2.94. The Hall–Kier alpha value is -1.29. The fourth-order valence-electron chi connectivity index (χ4n) is 1.88. The topological polar surface area (TPSA) is 37.4 Å². The zero-order valence-corrected chi connectivity index (χ0v) is 10.5. The van der Waals surface area contributed by atoms with Gasteiger partial charge in [-0.15, -0.1) is 0 Å². The summed E-state index contributed by atoms with van der Waals surface area (Å²) in [4.78, 5) is 6.75. The van der Waals surface area contributed by atoms with Gasteiger partial charge in [-0.1, -0.05) is 13.3 Å². The van der Waals surface area contributed by atoms with E-state index in [4.69, 9.17) is 4.74 Å². The van der Waals surface area contributed by atoms with Crippen LogP contribution in [0.25, 0.3) is 0 Å². The summed E-state index contributed by atoms with van der Waals surface area (Å²) in [5.74, 6) is 1.05. The highest BCUT2D eigenvalue weighted by Gasteiger charge is 2.11. The van der Waals surface area contributed by atoms with Crippen LogP contribution in [-0.4, -0.2) is 37.8 Å². The molecule has 1 aliphatic rings. The van der Waals surface area contributed by atoms with Crippen molar-refractivity contribution in [2.75, 3.05) is 43.1 Å². The lowest BCUT2D eigenvalue weighted by Crippen LogP contribution is -2.36. The minimum Gasteiger partial charge on any atom is -0.384 e. The second kappa shape index (κ2) is 6.45. The summed E-state index contributed by atoms with van der Waals surface area (Å²) >= 11 is 0. The number of morpholine rings is 1. The van der Waals surface area contributed by atoms with Crippen molar-refractivity contribution in [1.29, 1.82) is 0 Å². The van der Waals surface area contributed by atoms with Gasteiger partial charge in [0.2, 0.25) is 0 Å². The van der Waals surface area contributed by atoms with Crippen molar-refractivity contribution in [1.82, 2.24) is 4.98 Å². The van der Waals surface area contributed by atoms with E-state index in [2.05, 4.69) is 34.3 Å². The van der Waals surface area contributed by atoms with Gasteiger partial charge in [0.05, 0.1) is 25.1 Å². The third-order valence-corrected chi connectivity index (χ3v) is 2.94. The quantitative estimate of drug-likeness (QED) is 0.793. The number of hydrogen-bond donors (Lipinski definition) is 1. The van der Waals surface area contributed by atoms with Crippen LogP contribution in [0.5, 0.6) is 0 Å². The van der Waals surface area contributed by atoms with Gasteiger partial charge in [0, 0.05) is 19.6 Å². The number of pyridine rings is 1. The number of anilines is 2. The molecule has 1 aromatic heterocycles. The summed E-state index contributed by atoms with van der Waals surface area (Å²) in [6.45, 7) is 6.71. The van der Waals surface area contributed by atoms with Gasteiger partial charge in [0.15, 0.2) is 0 Å². The molecule has 94 valence electrons. The van der Waals surface area contributed by atoms with Gasteiger partial charge in [-0.25, -0.2) is 4.98 Å². The minimum atomic E-state index is 0.804. The number of rotatable bonds is 5. The Balaban J connectivity index is 1.88. The fourth-order valence-corrected chi connectivity index (χ4v) is 1.88. The van der Waals surface area contributed by atoms with Crippen molar-refractivity contribution in [3.8, 4) is 0 Å². The van der Waals surface area contributed by atoms with Gasteiger partial charge in [-0.05, 0) is 18.6 Å². The van der Waals surface area contributed by atoms with Crippen molar-refractivity contribution in [3.05, 3.63) is 18.3 Å². The van der Waals surface area contributed by atoms with E-state index < -0.39 is 0 Å². The van der Waals surface area contributed by atoms with Crippen LogP contribution in [0.15, 0.2) is 18.3 Å². The average Bonchev–Trinajstić information content (AvgIpc) is 2.41. The summed E-state index contributed by atoms with van der Waals surface area (Å²) in [5.41, 5.74) is 1.11. The van der Waals surface area contributed by atoms with Gasteiger partial charge in [-0.3, -0.25) is 0 Å². The lowest BCUT2D eigenvalue weighted by atomic mass is 10.3. The van der Waals surface area contributed by atoms with E-state index in [1.165, 1.54) is 12.8 Å². The predicted molar refractivity (Wildman–Crippen MR) is 70.7 cm³/mol. The van der Waals surface area contributed by atoms with E-state index in [1.807, 2.05) is 6.20 Å². The SMILES string of the molecule is CCCCNc1ccc(N2CCOCC2)nc1. The Morgan fingerprint density at radius 3 is 2.82 bits per heavy atom. The normalized spacial score (nSPS) is 15.9. The van der Waals surface area contributed by atoms with Crippen LogP contribution in [-0.2, 0) is 4.74 Å². The monoisotopic (exact) mass is 235 g/mol. The molecule has 2 rings (SSSR count). The van der Waals surface area contributed by atoms with Crippen LogP contribution in [0, 0.1) is 0 Å². The molecular weight excluding hydrogens is 214 g/mol. The summed E-state index contributed by atoms with van der Waals surface area (Å²) in [6.07, 6.45) is 4.33. The Morgan fingerprint density at radius 1 is 1.35 bits per heavy atom. The first-order chi connectivity index (χ1) is 8.40. The van der Waals surface area contributed by atoms with Crippen molar-refractivity contribution < 1.29 is 4.74 Å². The molecule has 0 saturated carbocycles. The molecule has 2 heterocycles. The molecule has 0 aromatic carbocycles. The Labute approximate surface area is 103 Å². The highest BCUT2D eigenvalue weighted by Crippen LogP contribution is 2.15. The van der Waals surface area contributed by atoms with Gasteiger partial charge in [0.25, 0.3) is 0 Å². The number of unbranched alkanes of at least 4 members (excludes halogenated alkanes) is 1. The van der Waals surface area contributed by atoms with Crippen LogP contribution < -0.4 is 10.2 Å². The van der Waals surface area contributed by atoms with Crippen LogP contribution in [0.1, 0.15) is 19.8 Å². The molecule has 4 heteroatoms. The standard InChI is InChI=1S/C13H21N3O/c1-2-3-6-14-12-4-5-13(15-11-12)16-7-9-17-10-8-16/h4-5,11,14H,2-3,6-10H2,1H3. The molecule has 0 spiro atoms. The first kappa shape index (κ1) is 12.2. The largest absolute Gasteiger partial charge is 0.384 e. The number of nitrogens with one attached hydrogen (secondary N) is 1. The number of ether oxygens (including phenoxy) is 1. The van der Waals surface area contributed by atoms with E-state index in [-0.39, 0.29) is 0 Å². The van der Waals surface area contributed by atoms with Crippen molar-refractivity contribution in [3.63, 3.8) is 0 Å². The molecule has 1 saturated heterocycles. The Bertz CT molecular complexity index is 320. The molecule has 17 heavy (non-hydrogen) atoms. The lowest BCUT2D eigenvalue weighted by molar-refractivity contribution is 0.122. The second-order valence-corrected chi connectivity index (χ2v) is 4.28. The van der Waals surface area contributed by atoms with Crippen molar-refractivity contribution in [2.24, 2.45) is 0 Å². The van der Waals surface area contributed by atoms with Crippen molar-refractivity contribution >= 4 is 11.5 Å². The predicted octanol–water partition coefficient (Wildman–Crippen LogP) is 2.13. The summed E-state index contributed by atoms with van der Waals surface area (Å²) in [6, 6.07) is 4.19. The molecule has 1 aromatic rings. The average molecular weight is 235 g/mol. The van der Waals surface area contributed by atoms with Crippen LogP contribution in [0.4, 0.5) is 11.5 Å². The molecule has 0 bridgehead atoms. The van der Waals surface area contributed by atoms with E-state index >= 15 is 0 Å². The van der Waals surface area contributed by atoms with Gasteiger partial charge in [-0.2, -0.15) is 0 Å². The summed E-state index contributed by atoms with van der Waals surface area (Å²) in [5, 5.41) is 3.37. The summed E-state index contributed by atoms with van der Waals surface area (Å²) < 4.78 is 5.33. The van der Waals surface area contributed by atoms with Gasteiger partial charge in [0.1, 0.15) is 5.82 Å². The second-order valence-electron chi connectivity index (χ2n) is 4.28. The molecule has 1 aliphatic heterocycles. The van der Waals surface area contributed by atoms with Crippen LogP contribution >= 0.6 is 0 Å². The molecule has 1 N–H and O–H groups in total. The van der Waals surface area contributed by atoms with Crippen LogP contribution in [0.2, 0.25) is 0 Å². The van der Waals surface area contributed by atoms with E-state index in [9.17, 15) is 0 Å². The molecule has 0 radical (unpaired) electrons. The molecule has 4 nitrogen and oxygen atoms in total. The minimum absolute atomic E-state index is 0.804. The Morgan fingerprint density at radius 2 is 2.18 bits per heavy atom. The zero-order chi connectivity index (χ0) is 11.9. The third kappa shape index (κ3) is 3.60. The zero-order valence-electron chi connectivity index (χ0n) is 10.5. The number of aromatic nitrogens is 1. The Kier molecular flexibility index (Phi) is 4.62. The maximum absolute atomic E-state index is 5.33. The molecule has 0 aliphatic carbocycles. The van der Waals surface area contributed by atoms with E-state index in [1.54, 1.807) is 0 Å². The van der Waals surface area contributed by atoms with Crippen molar-refractivity contribution in [2.45, 2.75) is 19.8 Å². The summed E-state index contributed by atoms with van der Waals surface area (Å²) in [7, 11) is 0. The van der Waals surface area contributed by atoms with E-state index in [0.717, 1.165) is 44.4 Å². The maximum atomic E-state index is 5.33. The highest BCUT2D eigenvalue weighted by atomic mass is 16.5. The van der Waals surface area contributed by atoms with Gasteiger partial charge >= 0.3 is 0 Å². The smallest absolute Gasteiger partial charge is 0.128 e. The van der Waals surface area contributed by atoms with E-state index in [0.29, 0.717) is 0 Å². The molecule has 0 amide bonds. The molecule has 0 unspecified atom stereocenters.